The fourth-order valence-corrected chi connectivity index (χ4v) is 2.34. The average Bonchev–Trinajstić information content (AvgIpc) is 2.94. The molecular formula is C15H21N3O2. The monoisotopic (exact) mass is 275 g/mol. The molecule has 0 radical (unpaired) electrons. The largest absolute Gasteiger partial charge is 0.373 e. The van der Waals surface area contributed by atoms with E-state index in [9.17, 15) is 9.59 Å². The number of amides is 2. The van der Waals surface area contributed by atoms with Crippen molar-refractivity contribution in [1.29, 1.82) is 0 Å². The molecule has 1 aromatic rings. The summed E-state index contributed by atoms with van der Waals surface area (Å²) in [6.07, 6.45) is 2.19. The van der Waals surface area contributed by atoms with Gasteiger partial charge in [-0.05, 0) is 31.9 Å². The van der Waals surface area contributed by atoms with Gasteiger partial charge in [-0.15, -0.1) is 0 Å². The van der Waals surface area contributed by atoms with Gasteiger partial charge in [0.25, 0.3) is 0 Å². The van der Waals surface area contributed by atoms with Gasteiger partial charge in [0, 0.05) is 18.8 Å². The van der Waals surface area contributed by atoms with Crippen molar-refractivity contribution >= 4 is 17.5 Å². The molecule has 3 N–H and O–H groups in total. The first kappa shape index (κ1) is 14.4. The molecule has 1 fully saturated rings. The number of rotatable bonds is 5. The minimum atomic E-state index is -0.661. The van der Waals surface area contributed by atoms with Crippen LogP contribution in [0.4, 0.5) is 5.69 Å². The highest BCUT2D eigenvalue weighted by Crippen LogP contribution is 2.14. The van der Waals surface area contributed by atoms with Crippen molar-refractivity contribution < 1.29 is 9.59 Å². The van der Waals surface area contributed by atoms with Crippen molar-refractivity contribution in [2.24, 2.45) is 5.73 Å². The van der Waals surface area contributed by atoms with Gasteiger partial charge < -0.3 is 16.0 Å². The van der Waals surface area contributed by atoms with E-state index in [2.05, 4.69) is 5.32 Å². The molecule has 0 aliphatic carbocycles. The SMILES string of the molecule is Cc1ccc(NC(CC(=O)N2CCCC2)C(N)=O)cc1. The van der Waals surface area contributed by atoms with Crippen LogP contribution in [0.5, 0.6) is 0 Å². The number of anilines is 1. The van der Waals surface area contributed by atoms with Crippen LogP contribution < -0.4 is 11.1 Å². The van der Waals surface area contributed by atoms with Crippen molar-refractivity contribution in [1.82, 2.24) is 4.90 Å². The van der Waals surface area contributed by atoms with E-state index in [1.165, 1.54) is 0 Å². The maximum atomic E-state index is 12.1. The maximum absolute atomic E-state index is 12.1. The van der Waals surface area contributed by atoms with Crippen LogP contribution in [0.2, 0.25) is 0 Å². The number of primary amides is 1. The van der Waals surface area contributed by atoms with Crippen molar-refractivity contribution in [2.45, 2.75) is 32.2 Å². The summed E-state index contributed by atoms with van der Waals surface area (Å²) < 4.78 is 0. The Morgan fingerprint density at radius 1 is 1.25 bits per heavy atom. The lowest BCUT2D eigenvalue weighted by Crippen LogP contribution is -2.41. The van der Waals surface area contributed by atoms with E-state index in [1.54, 1.807) is 4.90 Å². The Morgan fingerprint density at radius 3 is 2.40 bits per heavy atom. The molecule has 1 aliphatic rings. The van der Waals surface area contributed by atoms with Crippen LogP contribution >= 0.6 is 0 Å². The third-order valence-electron chi connectivity index (χ3n) is 3.57. The van der Waals surface area contributed by atoms with E-state index in [-0.39, 0.29) is 12.3 Å². The number of nitrogens with two attached hydrogens (primary N) is 1. The van der Waals surface area contributed by atoms with Crippen LogP contribution in [0.1, 0.15) is 24.8 Å². The molecule has 1 heterocycles. The summed E-state index contributed by atoms with van der Waals surface area (Å²) in [5.74, 6) is -0.510. The van der Waals surface area contributed by atoms with Crippen LogP contribution in [0.25, 0.3) is 0 Å². The zero-order chi connectivity index (χ0) is 14.5. The molecule has 2 rings (SSSR count). The predicted molar refractivity (Wildman–Crippen MR) is 78.2 cm³/mol. The second-order valence-electron chi connectivity index (χ2n) is 5.26. The van der Waals surface area contributed by atoms with Gasteiger partial charge >= 0.3 is 0 Å². The molecule has 1 unspecified atom stereocenters. The number of hydrogen-bond donors (Lipinski definition) is 2. The molecule has 2 amide bonds. The number of likely N-dealkylation sites (tertiary alicyclic amines) is 1. The summed E-state index contributed by atoms with van der Waals surface area (Å²) in [5.41, 5.74) is 7.33. The van der Waals surface area contributed by atoms with Gasteiger partial charge in [0.2, 0.25) is 11.8 Å². The standard InChI is InChI=1S/C15H21N3O2/c1-11-4-6-12(7-5-11)17-13(15(16)20)10-14(19)18-8-2-3-9-18/h4-7,13,17H,2-3,8-10H2,1H3,(H2,16,20). The number of nitrogens with one attached hydrogen (secondary N) is 1. The maximum Gasteiger partial charge on any atom is 0.240 e. The van der Waals surface area contributed by atoms with Crippen LogP contribution in [0.3, 0.4) is 0 Å². The van der Waals surface area contributed by atoms with Gasteiger partial charge in [-0.3, -0.25) is 9.59 Å². The highest BCUT2D eigenvalue weighted by molar-refractivity contribution is 5.89. The molecule has 108 valence electrons. The van der Waals surface area contributed by atoms with Gasteiger partial charge in [-0.1, -0.05) is 17.7 Å². The van der Waals surface area contributed by atoms with Gasteiger partial charge in [-0.25, -0.2) is 0 Å². The molecular weight excluding hydrogens is 254 g/mol. The van der Waals surface area contributed by atoms with E-state index in [0.29, 0.717) is 0 Å². The minimum absolute atomic E-state index is 0.00842. The van der Waals surface area contributed by atoms with E-state index in [0.717, 1.165) is 37.2 Å². The van der Waals surface area contributed by atoms with Gasteiger partial charge in [0.15, 0.2) is 0 Å². The van der Waals surface area contributed by atoms with Gasteiger partial charge in [0.05, 0.1) is 6.42 Å². The molecule has 5 heteroatoms. The van der Waals surface area contributed by atoms with Crippen LogP contribution in [-0.4, -0.2) is 35.8 Å². The summed E-state index contributed by atoms with van der Waals surface area (Å²) in [6, 6.07) is 6.99. The summed E-state index contributed by atoms with van der Waals surface area (Å²) in [7, 11) is 0. The quantitative estimate of drug-likeness (QED) is 0.849. The second kappa shape index (κ2) is 6.41. The fourth-order valence-electron chi connectivity index (χ4n) is 2.34. The molecule has 0 spiro atoms. The molecule has 0 aromatic heterocycles. The molecule has 20 heavy (non-hydrogen) atoms. The first-order valence-electron chi connectivity index (χ1n) is 6.96. The normalized spacial score (nSPS) is 15.9. The molecule has 0 saturated carbocycles. The van der Waals surface area contributed by atoms with E-state index in [4.69, 9.17) is 5.73 Å². The second-order valence-corrected chi connectivity index (χ2v) is 5.26. The van der Waals surface area contributed by atoms with Crippen molar-refractivity contribution in [3.63, 3.8) is 0 Å². The van der Waals surface area contributed by atoms with E-state index in [1.807, 2.05) is 31.2 Å². The molecule has 1 aliphatic heterocycles. The zero-order valence-electron chi connectivity index (χ0n) is 11.8. The van der Waals surface area contributed by atoms with Gasteiger partial charge in [0.1, 0.15) is 6.04 Å². The summed E-state index contributed by atoms with van der Waals surface area (Å²) >= 11 is 0. The number of aryl methyl sites for hydroxylation is 1. The number of nitrogens with zero attached hydrogens (tertiary/aromatic N) is 1. The Kier molecular flexibility index (Phi) is 4.61. The topological polar surface area (TPSA) is 75.4 Å². The number of carbonyl (C=O) groups excluding carboxylic acids is 2. The molecule has 1 aromatic carbocycles. The van der Waals surface area contributed by atoms with Crippen LogP contribution in [0.15, 0.2) is 24.3 Å². The van der Waals surface area contributed by atoms with Crippen LogP contribution in [0, 0.1) is 6.92 Å². The summed E-state index contributed by atoms with van der Waals surface area (Å²) in [4.78, 5) is 25.4. The number of benzene rings is 1. The Balaban J connectivity index is 1.98. The third-order valence-corrected chi connectivity index (χ3v) is 3.57. The van der Waals surface area contributed by atoms with Gasteiger partial charge in [-0.2, -0.15) is 0 Å². The lowest BCUT2D eigenvalue weighted by atomic mass is 10.1. The highest BCUT2D eigenvalue weighted by Gasteiger charge is 2.24. The predicted octanol–water partition coefficient (Wildman–Crippen LogP) is 1.27. The first-order chi connectivity index (χ1) is 9.56. The first-order valence-corrected chi connectivity index (χ1v) is 6.96. The zero-order valence-corrected chi connectivity index (χ0v) is 11.8. The van der Waals surface area contributed by atoms with E-state index < -0.39 is 11.9 Å². The molecule has 1 atom stereocenters. The molecule has 1 saturated heterocycles. The van der Waals surface area contributed by atoms with Crippen molar-refractivity contribution in [2.75, 3.05) is 18.4 Å². The van der Waals surface area contributed by atoms with Crippen LogP contribution in [-0.2, 0) is 9.59 Å². The summed E-state index contributed by atoms with van der Waals surface area (Å²) in [5, 5.41) is 3.04. The lowest BCUT2D eigenvalue weighted by molar-refractivity contribution is -0.132. The fraction of sp³-hybridized carbons (Fsp3) is 0.467. The Bertz CT molecular complexity index is 478. The van der Waals surface area contributed by atoms with E-state index >= 15 is 0 Å². The Morgan fingerprint density at radius 2 is 1.85 bits per heavy atom. The average molecular weight is 275 g/mol. The smallest absolute Gasteiger partial charge is 0.240 e. The number of carbonyl (C=O) groups is 2. The lowest BCUT2D eigenvalue weighted by Gasteiger charge is -2.20. The van der Waals surface area contributed by atoms with Crippen molar-refractivity contribution in [3.8, 4) is 0 Å². The highest BCUT2D eigenvalue weighted by atomic mass is 16.2. The minimum Gasteiger partial charge on any atom is -0.373 e. The Labute approximate surface area is 119 Å². The molecule has 0 bridgehead atoms. The summed E-state index contributed by atoms with van der Waals surface area (Å²) in [6.45, 7) is 3.57. The van der Waals surface area contributed by atoms with Crippen molar-refractivity contribution in [3.05, 3.63) is 29.8 Å². The number of hydrogen-bond acceptors (Lipinski definition) is 3. The third kappa shape index (κ3) is 3.73. The molecule has 5 nitrogen and oxygen atoms in total. The Hall–Kier alpha value is -2.04.